The Morgan fingerprint density at radius 1 is 1.37 bits per heavy atom. The van der Waals surface area contributed by atoms with Crippen molar-refractivity contribution in [2.75, 3.05) is 26.2 Å². The maximum atomic E-state index is 12.1. The van der Waals surface area contributed by atoms with Gasteiger partial charge in [-0.1, -0.05) is 25.1 Å². The Labute approximate surface area is 114 Å². The Kier molecular flexibility index (Phi) is 4.80. The second kappa shape index (κ2) is 6.57. The summed E-state index contributed by atoms with van der Waals surface area (Å²) >= 11 is 0. The number of aromatic hydroxyl groups is 1. The summed E-state index contributed by atoms with van der Waals surface area (Å²) in [6.45, 7) is 5.45. The number of phenolic OH excluding ortho intramolecular Hbond substituents is 1. The van der Waals surface area contributed by atoms with Crippen LogP contribution >= 0.6 is 0 Å². The van der Waals surface area contributed by atoms with E-state index in [0.29, 0.717) is 12.2 Å². The molecule has 0 aromatic heterocycles. The number of carbonyl (C=O) groups excluding carboxylic acids is 1. The largest absolute Gasteiger partial charge is 0.508 e. The first-order valence-electron chi connectivity index (χ1n) is 6.95. The molecule has 1 saturated heterocycles. The molecular formula is C15H22N2O2. The minimum atomic E-state index is 0.202. The van der Waals surface area contributed by atoms with Crippen LogP contribution in [0, 0.1) is 0 Å². The van der Waals surface area contributed by atoms with E-state index in [1.54, 1.807) is 6.07 Å². The fourth-order valence-electron chi connectivity index (χ4n) is 2.47. The monoisotopic (exact) mass is 262 g/mol. The lowest BCUT2D eigenvalue weighted by molar-refractivity contribution is -0.131. The van der Waals surface area contributed by atoms with Crippen LogP contribution in [0.4, 0.5) is 0 Å². The van der Waals surface area contributed by atoms with E-state index in [4.69, 9.17) is 0 Å². The number of rotatable bonds is 4. The smallest absolute Gasteiger partial charge is 0.222 e. The van der Waals surface area contributed by atoms with Gasteiger partial charge >= 0.3 is 0 Å². The second-order valence-corrected chi connectivity index (χ2v) is 5.13. The molecule has 0 aliphatic carbocycles. The molecule has 0 bridgehead atoms. The van der Waals surface area contributed by atoms with E-state index in [1.165, 1.54) is 0 Å². The first kappa shape index (κ1) is 13.9. The van der Waals surface area contributed by atoms with Crippen molar-refractivity contribution in [3.63, 3.8) is 0 Å². The zero-order valence-electron chi connectivity index (χ0n) is 11.4. The standard InChI is InChI=1S/C15H22N2O2/c1-12(13-4-2-3-5-14(13)18)6-7-15(19)17-10-8-16-9-11-17/h2-5,12,16,18H,6-11H2,1H3. The van der Waals surface area contributed by atoms with Crippen LogP contribution in [0.3, 0.4) is 0 Å². The van der Waals surface area contributed by atoms with Crippen LogP contribution in [0.15, 0.2) is 24.3 Å². The third-order valence-electron chi connectivity index (χ3n) is 3.73. The molecule has 2 N–H and O–H groups in total. The summed E-state index contributed by atoms with van der Waals surface area (Å²) in [6.07, 6.45) is 1.33. The highest BCUT2D eigenvalue weighted by molar-refractivity contribution is 5.76. The molecule has 4 heteroatoms. The number of nitrogens with one attached hydrogen (secondary N) is 1. The van der Waals surface area contributed by atoms with Crippen molar-refractivity contribution in [2.45, 2.75) is 25.7 Å². The average Bonchev–Trinajstić information content (AvgIpc) is 2.46. The van der Waals surface area contributed by atoms with Crippen LogP contribution < -0.4 is 5.32 Å². The molecule has 0 radical (unpaired) electrons. The van der Waals surface area contributed by atoms with Gasteiger partial charge < -0.3 is 15.3 Å². The van der Waals surface area contributed by atoms with E-state index < -0.39 is 0 Å². The first-order chi connectivity index (χ1) is 9.18. The summed E-state index contributed by atoms with van der Waals surface area (Å²) in [5, 5.41) is 13.0. The highest BCUT2D eigenvalue weighted by Gasteiger charge is 2.18. The number of hydrogen-bond donors (Lipinski definition) is 2. The zero-order chi connectivity index (χ0) is 13.7. The van der Waals surface area contributed by atoms with Gasteiger partial charge in [0.2, 0.25) is 5.91 Å². The molecule has 1 amide bonds. The third kappa shape index (κ3) is 3.70. The number of hydrogen-bond acceptors (Lipinski definition) is 3. The van der Waals surface area contributed by atoms with Gasteiger partial charge in [-0.2, -0.15) is 0 Å². The minimum absolute atomic E-state index is 0.202. The quantitative estimate of drug-likeness (QED) is 0.868. The Morgan fingerprint density at radius 2 is 2.05 bits per heavy atom. The van der Waals surface area contributed by atoms with Gasteiger partial charge in [0.15, 0.2) is 0 Å². The minimum Gasteiger partial charge on any atom is -0.508 e. The lowest BCUT2D eigenvalue weighted by atomic mass is 9.95. The Balaban J connectivity index is 1.84. The van der Waals surface area contributed by atoms with Gasteiger partial charge in [-0.3, -0.25) is 4.79 Å². The topological polar surface area (TPSA) is 52.6 Å². The van der Waals surface area contributed by atoms with E-state index in [9.17, 15) is 9.90 Å². The molecule has 1 unspecified atom stereocenters. The van der Waals surface area contributed by atoms with Crippen LogP contribution in [0.5, 0.6) is 5.75 Å². The van der Waals surface area contributed by atoms with Crippen molar-refractivity contribution < 1.29 is 9.90 Å². The van der Waals surface area contributed by atoms with Crippen molar-refractivity contribution in [3.05, 3.63) is 29.8 Å². The van der Waals surface area contributed by atoms with Crippen LogP contribution in [0.2, 0.25) is 0 Å². The SMILES string of the molecule is CC(CCC(=O)N1CCNCC1)c1ccccc1O. The molecule has 1 heterocycles. The van der Waals surface area contributed by atoms with Crippen LogP contribution in [-0.2, 0) is 4.79 Å². The number of nitrogens with zero attached hydrogens (tertiary/aromatic N) is 1. The Hall–Kier alpha value is -1.55. The van der Waals surface area contributed by atoms with Crippen molar-refractivity contribution in [2.24, 2.45) is 0 Å². The van der Waals surface area contributed by atoms with Crippen molar-refractivity contribution in [3.8, 4) is 5.75 Å². The number of benzene rings is 1. The van der Waals surface area contributed by atoms with Crippen molar-refractivity contribution in [1.82, 2.24) is 10.2 Å². The van der Waals surface area contributed by atoms with Crippen LogP contribution in [-0.4, -0.2) is 42.1 Å². The van der Waals surface area contributed by atoms with Gasteiger partial charge in [-0.05, 0) is 24.0 Å². The van der Waals surface area contributed by atoms with E-state index in [1.807, 2.05) is 23.1 Å². The number of phenols is 1. The molecule has 2 rings (SSSR count). The fourth-order valence-corrected chi connectivity index (χ4v) is 2.47. The molecule has 4 nitrogen and oxygen atoms in total. The maximum absolute atomic E-state index is 12.1. The van der Waals surface area contributed by atoms with E-state index >= 15 is 0 Å². The van der Waals surface area contributed by atoms with Gasteiger partial charge in [-0.15, -0.1) is 0 Å². The normalized spacial score (nSPS) is 17.2. The highest BCUT2D eigenvalue weighted by Crippen LogP contribution is 2.28. The Bertz CT molecular complexity index is 428. The number of para-hydroxylation sites is 1. The Morgan fingerprint density at radius 3 is 2.74 bits per heavy atom. The van der Waals surface area contributed by atoms with Crippen LogP contribution in [0.1, 0.15) is 31.2 Å². The molecule has 1 fully saturated rings. The van der Waals surface area contributed by atoms with Crippen molar-refractivity contribution in [1.29, 1.82) is 0 Å². The number of amides is 1. The second-order valence-electron chi connectivity index (χ2n) is 5.13. The highest BCUT2D eigenvalue weighted by atomic mass is 16.3. The molecule has 104 valence electrons. The lowest BCUT2D eigenvalue weighted by Gasteiger charge is -2.28. The molecule has 1 aromatic carbocycles. The van der Waals surface area contributed by atoms with Gasteiger partial charge in [0.1, 0.15) is 5.75 Å². The van der Waals surface area contributed by atoms with E-state index in [2.05, 4.69) is 12.2 Å². The lowest BCUT2D eigenvalue weighted by Crippen LogP contribution is -2.46. The summed E-state index contributed by atoms with van der Waals surface area (Å²) in [4.78, 5) is 14.0. The average molecular weight is 262 g/mol. The fraction of sp³-hybridized carbons (Fsp3) is 0.533. The summed E-state index contributed by atoms with van der Waals surface area (Å²) in [5.74, 6) is 0.751. The third-order valence-corrected chi connectivity index (χ3v) is 3.73. The molecule has 1 atom stereocenters. The van der Waals surface area contributed by atoms with E-state index in [-0.39, 0.29) is 11.8 Å². The number of carbonyl (C=O) groups is 1. The molecule has 19 heavy (non-hydrogen) atoms. The number of piperazine rings is 1. The molecule has 1 aliphatic heterocycles. The van der Waals surface area contributed by atoms with Gasteiger partial charge in [0.05, 0.1) is 0 Å². The summed E-state index contributed by atoms with van der Waals surface area (Å²) < 4.78 is 0. The first-order valence-corrected chi connectivity index (χ1v) is 6.95. The summed E-state index contributed by atoms with van der Waals surface area (Å²) in [7, 11) is 0. The maximum Gasteiger partial charge on any atom is 0.222 e. The van der Waals surface area contributed by atoms with Gasteiger partial charge in [0, 0.05) is 32.6 Å². The van der Waals surface area contributed by atoms with Crippen molar-refractivity contribution >= 4 is 5.91 Å². The molecule has 1 aromatic rings. The summed E-state index contributed by atoms with van der Waals surface area (Å²) in [5.41, 5.74) is 0.926. The summed E-state index contributed by atoms with van der Waals surface area (Å²) in [6, 6.07) is 7.36. The zero-order valence-corrected chi connectivity index (χ0v) is 11.4. The predicted octanol–water partition coefficient (Wildman–Crippen LogP) is 1.71. The van der Waals surface area contributed by atoms with Crippen LogP contribution in [0.25, 0.3) is 0 Å². The molecule has 1 aliphatic rings. The van der Waals surface area contributed by atoms with Gasteiger partial charge in [-0.25, -0.2) is 0 Å². The predicted molar refractivity (Wildman–Crippen MR) is 75.2 cm³/mol. The molecule has 0 spiro atoms. The molecule has 0 saturated carbocycles. The molecular weight excluding hydrogens is 240 g/mol. The van der Waals surface area contributed by atoms with E-state index in [0.717, 1.165) is 38.2 Å². The van der Waals surface area contributed by atoms with Gasteiger partial charge in [0.25, 0.3) is 0 Å².